The van der Waals surface area contributed by atoms with Crippen LogP contribution >= 0.6 is 0 Å². The van der Waals surface area contributed by atoms with Crippen molar-refractivity contribution in [1.29, 1.82) is 0 Å². The van der Waals surface area contributed by atoms with E-state index in [0.29, 0.717) is 0 Å². The summed E-state index contributed by atoms with van der Waals surface area (Å²) in [7, 11) is 0. The van der Waals surface area contributed by atoms with E-state index < -0.39 is 0 Å². The van der Waals surface area contributed by atoms with Crippen molar-refractivity contribution < 1.29 is 0 Å². The zero-order valence-electron chi connectivity index (χ0n) is 8.14. The molecule has 0 aromatic heterocycles. The molecule has 0 saturated carbocycles. The van der Waals surface area contributed by atoms with Gasteiger partial charge in [0.1, 0.15) is 0 Å². The fraction of sp³-hybridized carbons (Fsp3) is 1.00. The Labute approximate surface area is 79.7 Å². The third kappa shape index (κ3) is 2.51. The van der Waals surface area contributed by atoms with E-state index in [1.807, 2.05) is 0 Å². The first-order valence-corrected chi connectivity index (χ1v) is 5.01. The van der Waals surface area contributed by atoms with Crippen LogP contribution in [-0.2, 0) is 0 Å². The van der Waals surface area contributed by atoms with Crippen LogP contribution in [0, 0.1) is 0 Å². The van der Waals surface area contributed by atoms with E-state index in [1.165, 1.54) is 32.2 Å². The summed E-state index contributed by atoms with van der Waals surface area (Å²) in [5, 5.41) is 0. The van der Waals surface area contributed by atoms with Crippen molar-refractivity contribution in [3.63, 3.8) is 0 Å². The van der Waals surface area contributed by atoms with Gasteiger partial charge in [0.2, 0.25) is 0 Å². The minimum absolute atomic E-state index is 0.797. The predicted molar refractivity (Wildman–Crippen MR) is 49.9 cm³/mol. The minimum atomic E-state index is 0.797. The van der Waals surface area contributed by atoms with Crippen molar-refractivity contribution in [3.05, 3.63) is 0 Å². The van der Waals surface area contributed by atoms with Crippen LogP contribution in [0.15, 0.2) is 0 Å². The Bertz CT molecular complexity index is 112. The summed E-state index contributed by atoms with van der Waals surface area (Å²) in [5.41, 5.74) is 0. The fourth-order valence-electron chi connectivity index (χ4n) is 2.01. The molecule has 1 heterocycles. The summed E-state index contributed by atoms with van der Waals surface area (Å²) in [5.74, 6) is 0. The number of likely N-dealkylation sites (tertiary alicyclic amines) is 1. The van der Waals surface area contributed by atoms with Gasteiger partial charge in [0.15, 0.2) is 0 Å². The Morgan fingerprint density at radius 3 is 2.82 bits per heavy atom. The monoisotopic (exact) mass is 147 g/mol. The van der Waals surface area contributed by atoms with Crippen LogP contribution in [0.3, 0.4) is 0 Å². The number of hydrogen-bond acceptors (Lipinski definition) is 1. The van der Waals surface area contributed by atoms with Gasteiger partial charge in [-0.1, -0.05) is 0 Å². The third-order valence-corrected chi connectivity index (χ3v) is 3.01. The molecule has 0 aromatic carbocycles. The first kappa shape index (κ1) is 9.64. The molecular weight excluding hydrogens is 129 g/mol. The van der Waals surface area contributed by atoms with Crippen LogP contribution < -0.4 is 0 Å². The molecule has 2 heteroatoms. The normalized spacial score (nSPS) is 30.4. The van der Waals surface area contributed by atoms with Crippen LogP contribution in [0.1, 0.15) is 39.5 Å². The molecule has 2 unspecified atom stereocenters. The van der Waals surface area contributed by atoms with Gasteiger partial charge in [0.25, 0.3) is 0 Å². The molecule has 1 saturated heterocycles. The first-order chi connectivity index (χ1) is 5.25. The molecule has 1 fully saturated rings. The molecule has 2 atom stereocenters. The number of hydrogen-bond donors (Lipinski definition) is 0. The van der Waals surface area contributed by atoms with Crippen molar-refractivity contribution in [3.8, 4) is 0 Å². The van der Waals surface area contributed by atoms with Gasteiger partial charge in [0, 0.05) is 0 Å². The van der Waals surface area contributed by atoms with Gasteiger partial charge < -0.3 is 0 Å². The van der Waals surface area contributed by atoms with Crippen LogP contribution in [0.5, 0.6) is 0 Å². The van der Waals surface area contributed by atoms with Crippen LogP contribution in [-0.4, -0.2) is 39.9 Å². The van der Waals surface area contributed by atoms with Gasteiger partial charge >= 0.3 is 79.4 Å². The SMILES string of the molecule is [Li][CH](CC)N1CCCCC1C. The van der Waals surface area contributed by atoms with E-state index in [4.69, 9.17) is 0 Å². The van der Waals surface area contributed by atoms with Gasteiger partial charge in [0.05, 0.1) is 0 Å². The van der Waals surface area contributed by atoms with Crippen molar-refractivity contribution in [2.45, 2.75) is 50.3 Å². The van der Waals surface area contributed by atoms with Gasteiger partial charge in [-0.25, -0.2) is 0 Å². The Balaban J connectivity index is 2.40. The molecule has 1 aliphatic rings. The number of nitrogens with zero attached hydrogens (tertiary/aromatic N) is 1. The molecule has 1 rings (SSSR count). The second-order valence-electron chi connectivity index (χ2n) is 3.84. The quantitative estimate of drug-likeness (QED) is 0.538. The van der Waals surface area contributed by atoms with Gasteiger partial charge in [-0.3, -0.25) is 0 Å². The van der Waals surface area contributed by atoms with E-state index in [-0.39, 0.29) is 0 Å². The third-order valence-electron chi connectivity index (χ3n) is 3.01. The average Bonchev–Trinajstić information content (AvgIpc) is 2.04. The van der Waals surface area contributed by atoms with E-state index in [9.17, 15) is 0 Å². The molecule has 0 aliphatic carbocycles. The maximum atomic E-state index is 2.66. The van der Waals surface area contributed by atoms with E-state index in [0.717, 1.165) is 10.8 Å². The van der Waals surface area contributed by atoms with E-state index in [2.05, 4.69) is 36.5 Å². The Morgan fingerprint density at radius 2 is 2.27 bits per heavy atom. The molecule has 1 nitrogen and oxygen atoms in total. The zero-order valence-corrected chi connectivity index (χ0v) is 8.14. The molecule has 0 radical (unpaired) electrons. The molecule has 0 bridgehead atoms. The summed E-state index contributed by atoms with van der Waals surface area (Å²) < 4.78 is 0.797. The Hall–Kier alpha value is 0.557. The second kappa shape index (κ2) is 4.55. The Kier molecular flexibility index (Phi) is 3.99. The fourth-order valence-corrected chi connectivity index (χ4v) is 2.01. The summed E-state index contributed by atoms with van der Waals surface area (Å²) in [6.45, 7) is 5.98. The van der Waals surface area contributed by atoms with Gasteiger partial charge in [-0.2, -0.15) is 0 Å². The number of rotatable bonds is 2. The molecule has 0 amide bonds. The van der Waals surface area contributed by atoms with Gasteiger partial charge in [-0.15, -0.1) is 0 Å². The molecule has 0 N–H and O–H groups in total. The topological polar surface area (TPSA) is 3.24 Å². The van der Waals surface area contributed by atoms with E-state index in [1.54, 1.807) is 0 Å². The van der Waals surface area contributed by atoms with Gasteiger partial charge in [-0.05, 0) is 0 Å². The van der Waals surface area contributed by atoms with Crippen molar-refractivity contribution in [2.75, 3.05) is 6.54 Å². The summed E-state index contributed by atoms with van der Waals surface area (Å²) in [6.07, 6.45) is 5.55. The zero-order chi connectivity index (χ0) is 8.27. The summed E-state index contributed by atoms with van der Waals surface area (Å²) in [4.78, 5) is 2.66. The summed E-state index contributed by atoms with van der Waals surface area (Å²) in [6, 6.07) is 0.832. The molecule has 11 heavy (non-hydrogen) atoms. The van der Waals surface area contributed by atoms with Crippen LogP contribution in [0.2, 0.25) is 0 Å². The molecular formula is C9H18LiN. The van der Waals surface area contributed by atoms with Crippen molar-refractivity contribution in [2.24, 2.45) is 0 Å². The van der Waals surface area contributed by atoms with Crippen LogP contribution in [0.25, 0.3) is 0 Å². The molecule has 0 aromatic rings. The van der Waals surface area contributed by atoms with Crippen LogP contribution in [0.4, 0.5) is 0 Å². The van der Waals surface area contributed by atoms with Crippen molar-refractivity contribution in [1.82, 2.24) is 4.90 Å². The Morgan fingerprint density at radius 1 is 1.55 bits per heavy atom. The standard InChI is InChI=1S/C9H18N.Li/c1-3-7-10-8-5-4-6-9(10)2;/h7,9H,3-6,8H2,1-2H3;. The first-order valence-electron chi connectivity index (χ1n) is 5.01. The molecule has 0 spiro atoms. The number of piperidine rings is 1. The average molecular weight is 147 g/mol. The van der Waals surface area contributed by atoms with E-state index >= 15 is 0 Å². The molecule has 60 valence electrons. The summed E-state index contributed by atoms with van der Waals surface area (Å²) >= 11 is 2.35. The van der Waals surface area contributed by atoms with Crippen molar-refractivity contribution >= 4 is 17.7 Å². The second-order valence-corrected chi connectivity index (χ2v) is 3.84. The maximum absolute atomic E-state index is 2.66. The molecule has 1 aliphatic heterocycles. The predicted octanol–water partition coefficient (Wildman–Crippen LogP) is 1.77.